The summed E-state index contributed by atoms with van der Waals surface area (Å²) in [5.74, 6) is 1.65. The highest BCUT2D eigenvalue weighted by molar-refractivity contribution is 5.43. The summed E-state index contributed by atoms with van der Waals surface area (Å²) in [6.07, 6.45) is 7.87. The zero-order valence-corrected chi connectivity index (χ0v) is 14.2. The molecular weight excluding hydrogens is 300 g/mol. The van der Waals surface area contributed by atoms with E-state index in [1.807, 2.05) is 33.7 Å². The quantitative estimate of drug-likeness (QED) is 0.686. The number of nitrogens with zero attached hydrogens (tertiary/aromatic N) is 6. The molecule has 4 rings (SSSR count). The average molecular weight is 321 g/mol. The number of rotatable bonds is 4. The lowest BCUT2D eigenvalue weighted by molar-refractivity contribution is -0.611. The predicted octanol–water partition coefficient (Wildman–Crippen LogP) is 3.84. The van der Waals surface area contributed by atoms with Crippen LogP contribution in [0.1, 0.15) is 43.7 Å². The monoisotopic (exact) mass is 321 g/mol. The molecule has 0 N–H and O–H groups in total. The van der Waals surface area contributed by atoms with Gasteiger partial charge in [-0.3, -0.25) is 5.12 Å². The van der Waals surface area contributed by atoms with Crippen molar-refractivity contribution in [3.05, 3.63) is 71.1 Å². The van der Waals surface area contributed by atoms with Gasteiger partial charge < -0.3 is 14.6 Å². The summed E-state index contributed by atoms with van der Waals surface area (Å²) in [6.45, 7) is 7.28. The van der Waals surface area contributed by atoms with E-state index >= 15 is 0 Å². The van der Waals surface area contributed by atoms with Crippen LogP contribution in [0.25, 0.3) is 16.6 Å². The van der Waals surface area contributed by atoms with Gasteiger partial charge in [-0.2, -0.15) is 5.43 Å². The van der Waals surface area contributed by atoms with Gasteiger partial charge in [0.2, 0.25) is 0 Å². The Balaban J connectivity index is 1.47. The Morgan fingerprint density at radius 2 is 2.00 bits per heavy atom. The normalized spacial score (nSPS) is 15.3. The number of fused-ring (bicyclic) bond motifs is 2. The highest BCUT2D eigenvalue weighted by Crippen LogP contribution is 2.30. The standard InChI is InChI=1S/C18H21N6/c1-13(2)16-4-5-17-20-24(21-23(17)12-16)11-14(3)15-6-8-22-9-7-19-18(22)10-15/h4-10,12-14H,11H2,1-3H3/q-1/t14-/m0/s1. The van der Waals surface area contributed by atoms with Gasteiger partial charge in [0.05, 0.1) is 0 Å². The minimum atomic E-state index is 0.304. The molecule has 124 valence electrons. The summed E-state index contributed by atoms with van der Waals surface area (Å²) in [7, 11) is 0. The van der Waals surface area contributed by atoms with Crippen LogP contribution in [0.3, 0.4) is 0 Å². The summed E-state index contributed by atoms with van der Waals surface area (Å²) in [4.78, 5) is 4.35. The smallest absolute Gasteiger partial charge is 0.136 e. The second-order valence-corrected chi connectivity index (χ2v) is 6.62. The predicted molar refractivity (Wildman–Crippen MR) is 92.8 cm³/mol. The van der Waals surface area contributed by atoms with Gasteiger partial charge in [0, 0.05) is 25.1 Å². The third-order valence-corrected chi connectivity index (χ3v) is 4.44. The SMILES string of the molecule is CC(C)c1ccc2[n+](c1)[N-]N(C[C@H](C)c1ccn3ccnc3c1)[N-]2. The highest BCUT2D eigenvalue weighted by Gasteiger charge is 2.15. The van der Waals surface area contributed by atoms with E-state index in [2.05, 4.69) is 61.1 Å². The van der Waals surface area contributed by atoms with Crippen molar-refractivity contribution in [3.63, 3.8) is 0 Å². The van der Waals surface area contributed by atoms with Crippen molar-refractivity contribution in [3.8, 4) is 0 Å². The largest absolute Gasteiger partial charge is 0.531 e. The van der Waals surface area contributed by atoms with Crippen LogP contribution in [-0.4, -0.2) is 21.0 Å². The van der Waals surface area contributed by atoms with Crippen LogP contribution in [0.4, 0.5) is 5.82 Å². The maximum absolute atomic E-state index is 4.58. The summed E-state index contributed by atoms with van der Waals surface area (Å²) in [5, 5.41) is 1.78. The Morgan fingerprint density at radius 3 is 2.83 bits per heavy atom. The van der Waals surface area contributed by atoms with Crippen LogP contribution in [0, 0.1) is 0 Å². The topological polar surface area (TPSA) is 52.6 Å². The third kappa shape index (κ3) is 2.69. The molecule has 0 fully saturated rings. The Hall–Kier alpha value is -2.60. The molecule has 0 amide bonds. The van der Waals surface area contributed by atoms with Crippen molar-refractivity contribution in [1.29, 1.82) is 0 Å². The summed E-state index contributed by atoms with van der Waals surface area (Å²) in [6, 6.07) is 8.40. The fourth-order valence-corrected chi connectivity index (χ4v) is 2.90. The zero-order valence-electron chi connectivity index (χ0n) is 14.2. The van der Waals surface area contributed by atoms with E-state index < -0.39 is 0 Å². The molecule has 1 aliphatic rings. The Morgan fingerprint density at radius 1 is 1.12 bits per heavy atom. The van der Waals surface area contributed by atoms with Crippen LogP contribution >= 0.6 is 0 Å². The lowest BCUT2D eigenvalue weighted by Crippen LogP contribution is -2.30. The third-order valence-electron chi connectivity index (χ3n) is 4.44. The average Bonchev–Trinajstić information content (AvgIpc) is 3.18. The van der Waals surface area contributed by atoms with Gasteiger partial charge in [0.1, 0.15) is 11.5 Å². The van der Waals surface area contributed by atoms with E-state index in [0.717, 1.165) is 18.0 Å². The molecule has 1 aliphatic heterocycles. The van der Waals surface area contributed by atoms with Crippen molar-refractivity contribution < 1.29 is 4.68 Å². The van der Waals surface area contributed by atoms with E-state index in [1.54, 1.807) is 5.12 Å². The van der Waals surface area contributed by atoms with Gasteiger partial charge >= 0.3 is 0 Å². The first-order valence-electron chi connectivity index (χ1n) is 8.29. The van der Waals surface area contributed by atoms with Crippen LogP contribution in [0.5, 0.6) is 0 Å². The first kappa shape index (κ1) is 15.0. The maximum atomic E-state index is 4.58. The van der Waals surface area contributed by atoms with Gasteiger partial charge in [0.15, 0.2) is 0 Å². The van der Waals surface area contributed by atoms with Gasteiger partial charge in [0.25, 0.3) is 0 Å². The second kappa shape index (κ2) is 5.79. The molecule has 6 nitrogen and oxygen atoms in total. The number of aromatic nitrogens is 3. The Kier molecular flexibility index (Phi) is 3.61. The fraction of sp³-hybridized carbons (Fsp3) is 0.333. The van der Waals surface area contributed by atoms with E-state index in [0.29, 0.717) is 11.8 Å². The maximum Gasteiger partial charge on any atom is 0.136 e. The van der Waals surface area contributed by atoms with Gasteiger partial charge in [-0.15, -0.1) is 0 Å². The first-order chi connectivity index (χ1) is 11.6. The molecule has 24 heavy (non-hydrogen) atoms. The Labute approximate surface area is 141 Å². The lowest BCUT2D eigenvalue weighted by Gasteiger charge is -2.30. The molecule has 0 bridgehead atoms. The lowest BCUT2D eigenvalue weighted by atomic mass is 10.0. The molecule has 3 aromatic heterocycles. The molecule has 0 aliphatic carbocycles. The molecular formula is C18H21N6-. The van der Waals surface area contributed by atoms with Gasteiger partial charge in [-0.25, -0.2) is 4.98 Å². The van der Waals surface area contributed by atoms with Crippen molar-refractivity contribution >= 4 is 11.5 Å². The molecule has 1 atom stereocenters. The van der Waals surface area contributed by atoms with Crippen LogP contribution in [0.15, 0.2) is 49.1 Å². The van der Waals surface area contributed by atoms with E-state index in [4.69, 9.17) is 0 Å². The van der Waals surface area contributed by atoms with Crippen LogP contribution in [0.2, 0.25) is 0 Å². The second-order valence-electron chi connectivity index (χ2n) is 6.62. The minimum absolute atomic E-state index is 0.304. The summed E-state index contributed by atoms with van der Waals surface area (Å²) < 4.78 is 3.87. The Bertz CT molecular complexity index is 869. The van der Waals surface area contributed by atoms with Gasteiger partial charge in [-0.1, -0.05) is 26.8 Å². The molecule has 0 radical (unpaired) electrons. The fourth-order valence-electron chi connectivity index (χ4n) is 2.90. The van der Waals surface area contributed by atoms with Crippen molar-refractivity contribution in [2.75, 3.05) is 6.54 Å². The van der Waals surface area contributed by atoms with Crippen LogP contribution < -0.4 is 4.68 Å². The number of hydrogen-bond donors (Lipinski definition) is 0. The molecule has 4 heterocycles. The van der Waals surface area contributed by atoms with E-state index in [-0.39, 0.29) is 0 Å². The van der Waals surface area contributed by atoms with Crippen molar-refractivity contribution in [1.82, 2.24) is 14.5 Å². The van der Waals surface area contributed by atoms with Crippen molar-refractivity contribution in [2.24, 2.45) is 0 Å². The van der Waals surface area contributed by atoms with E-state index in [1.165, 1.54) is 11.1 Å². The minimum Gasteiger partial charge on any atom is -0.531 e. The van der Waals surface area contributed by atoms with E-state index in [9.17, 15) is 0 Å². The molecule has 3 aromatic rings. The number of hydrogen-bond acceptors (Lipinski definition) is 2. The molecule has 6 heteroatoms. The molecule has 0 spiro atoms. The summed E-state index contributed by atoms with van der Waals surface area (Å²) in [5.41, 5.74) is 12.6. The highest BCUT2D eigenvalue weighted by atomic mass is 15.9. The molecule has 0 saturated carbocycles. The zero-order chi connectivity index (χ0) is 16.7. The summed E-state index contributed by atoms with van der Waals surface area (Å²) >= 11 is 0. The van der Waals surface area contributed by atoms with Crippen molar-refractivity contribution in [2.45, 2.75) is 32.6 Å². The first-order valence-corrected chi connectivity index (χ1v) is 8.29. The molecule has 0 saturated heterocycles. The van der Waals surface area contributed by atoms with Gasteiger partial charge in [-0.05, 0) is 47.4 Å². The number of pyridine rings is 2. The molecule has 0 aromatic carbocycles. The molecule has 0 unspecified atom stereocenters. The number of imidazole rings is 1. The van der Waals surface area contributed by atoms with Crippen LogP contribution in [-0.2, 0) is 0 Å².